The number of aromatic nitrogens is 4. The maximum absolute atomic E-state index is 4.83. The molecule has 5 rings (SSSR count). The maximum atomic E-state index is 4.83. The van der Waals surface area contributed by atoms with Gasteiger partial charge in [0.25, 0.3) is 0 Å². The molecule has 154 valence electrons. The lowest BCUT2D eigenvalue weighted by Gasteiger charge is -2.33. The largest absolute Gasteiger partial charge is 0.350 e. The molecule has 0 aliphatic carbocycles. The van der Waals surface area contributed by atoms with Crippen LogP contribution in [0.5, 0.6) is 0 Å². The normalized spacial score (nSPS) is 17.6. The van der Waals surface area contributed by atoms with Crippen LogP contribution >= 0.6 is 0 Å². The van der Waals surface area contributed by atoms with Gasteiger partial charge in [-0.05, 0) is 56.5 Å². The zero-order valence-electron chi connectivity index (χ0n) is 17.7. The lowest BCUT2D eigenvalue weighted by atomic mass is 10.0. The molecule has 0 amide bonds. The zero-order valence-corrected chi connectivity index (χ0v) is 17.7. The van der Waals surface area contributed by atoms with Gasteiger partial charge in [-0.2, -0.15) is 4.52 Å². The van der Waals surface area contributed by atoms with Gasteiger partial charge < -0.3 is 5.32 Å². The Labute approximate surface area is 177 Å². The van der Waals surface area contributed by atoms with Gasteiger partial charge in [-0.15, -0.1) is 5.10 Å². The molecule has 1 aliphatic heterocycles. The van der Waals surface area contributed by atoms with Gasteiger partial charge in [-0.25, -0.2) is 9.97 Å². The summed E-state index contributed by atoms with van der Waals surface area (Å²) in [6.45, 7) is 7.16. The molecule has 2 aromatic carbocycles. The number of likely N-dealkylation sites (tertiary alicyclic amines) is 1. The number of aryl methyl sites for hydroxylation is 1. The highest BCUT2D eigenvalue weighted by Crippen LogP contribution is 2.23. The minimum Gasteiger partial charge on any atom is -0.350 e. The quantitative estimate of drug-likeness (QED) is 0.532. The van der Waals surface area contributed by atoms with E-state index in [1.165, 1.54) is 36.9 Å². The van der Waals surface area contributed by atoms with Gasteiger partial charge in [-0.1, -0.05) is 42.8 Å². The molecule has 0 spiro atoms. The second-order valence-corrected chi connectivity index (χ2v) is 8.28. The second kappa shape index (κ2) is 8.03. The molecule has 1 N–H and O–H groups in total. The summed E-state index contributed by atoms with van der Waals surface area (Å²) in [5, 5.41) is 9.12. The van der Waals surface area contributed by atoms with Gasteiger partial charge in [0, 0.05) is 24.5 Å². The van der Waals surface area contributed by atoms with Crippen LogP contribution in [0.2, 0.25) is 0 Å². The van der Waals surface area contributed by atoms with E-state index in [0.717, 1.165) is 34.9 Å². The molecule has 1 saturated heterocycles. The molecule has 4 aromatic rings. The van der Waals surface area contributed by atoms with Crippen molar-refractivity contribution in [3.63, 3.8) is 0 Å². The Bertz CT molecular complexity index is 1180. The molecule has 3 heterocycles. The first kappa shape index (κ1) is 19.0. The summed E-state index contributed by atoms with van der Waals surface area (Å²) in [5.41, 5.74) is 4.45. The molecule has 0 radical (unpaired) electrons. The summed E-state index contributed by atoms with van der Waals surface area (Å²) in [5.74, 6) is 1.47. The van der Waals surface area contributed by atoms with E-state index < -0.39 is 0 Å². The summed E-state index contributed by atoms with van der Waals surface area (Å²) >= 11 is 0. The number of para-hydroxylation sites is 1. The Hall–Kier alpha value is -2.99. The molecule has 0 bridgehead atoms. The average molecular weight is 401 g/mol. The molecule has 1 aliphatic rings. The highest BCUT2D eigenvalue weighted by molar-refractivity contribution is 5.92. The SMILES string of the molecule is Cc1nc2c3ccccc3nc(NCc3ccccc3CN3CCCCC3C)n2n1. The van der Waals surface area contributed by atoms with Crippen LogP contribution in [0, 0.1) is 6.92 Å². The fourth-order valence-corrected chi connectivity index (χ4v) is 4.44. The highest BCUT2D eigenvalue weighted by Gasteiger charge is 2.19. The van der Waals surface area contributed by atoms with Crippen molar-refractivity contribution in [2.45, 2.75) is 52.2 Å². The molecule has 1 unspecified atom stereocenters. The fourth-order valence-electron chi connectivity index (χ4n) is 4.44. The second-order valence-electron chi connectivity index (χ2n) is 8.28. The predicted octanol–water partition coefficient (Wildman–Crippen LogP) is 4.57. The van der Waals surface area contributed by atoms with Gasteiger partial charge in [0.05, 0.1) is 5.52 Å². The van der Waals surface area contributed by atoms with E-state index in [4.69, 9.17) is 4.98 Å². The predicted molar refractivity (Wildman–Crippen MR) is 121 cm³/mol. The van der Waals surface area contributed by atoms with Gasteiger partial charge in [0.1, 0.15) is 5.82 Å². The molecular weight excluding hydrogens is 372 g/mol. The fraction of sp³-hybridized carbons (Fsp3) is 0.375. The highest BCUT2D eigenvalue weighted by atomic mass is 15.4. The van der Waals surface area contributed by atoms with Crippen LogP contribution in [-0.2, 0) is 13.1 Å². The van der Waals surface area contributed by atoms with Crippen LogP contribution in [0.3, 0.4) is 0 Å². The molecule has 30 heavy (non-hydrogen) atoms. The van der Waals surface area contributed by atoms with Crippen LogP contribution in [0.1, 0.15) is 43.1 Å². The van der Waals surface area contributed by atoms with E-state index in [2.05, 4.69) is 51.5 Å². The number of rotatable bonds is 5. The van der Waals surface area contributed by atoms with Gasteiger partial charge in [0.15, 0.2) is 5.65 Å². The van der Waals surface area contributed by atoms with Crippen molar-refractivity contribution in [3.05, 3.63) is 65.5 Å². The Morgan fingerprint density at radius 1 is 1.00 bits per heavy atom. The van der Waals surface area contributed by atoms with Crippen LogP contribution in [0.4, 0.5) is 5.95 Å². The third kappa shape index (κ3) is 3.63. The summed E-state index contributed by atoms with van der Waals surface area (Å²) < 4.78 is 1.83. The van der Waals surface area contributed by atoms with Crippen LogP contribution in [0.15, 0.2) is 48.5 Å². The smallest absolute Gasteiger partial charge is 0.226 e. The van der Waals surface area contributed by atoms with E-state index in [9.17, 15) is 0 Å². The van der Waals surface area contributed by atoms with Crippen molar-refractivity contribution >= 4 is 22.5 Å². The molecule has 2 aromatic heterocycles. The van der Waals surface area contributed by atoms with Crippen molar-refractivity contribution in [3.8, 4) is 0 Å². The molecule has 1 fully saturated rings. The summed E-state index contributed by atoms with van der Waals surface area (Å²) in [4.78, 5) is 12.1. The van der Waals surface area contributed by atoms with E-state index in [1.54, 1.807) is 0 Å². The first-order valence-corrected chi connectivity index (χ1v) is 10.9. The number of nitrogens with one attached hydrogen (secondary N) is 1. The molecule has 0 saturated carbocycles. The lowest BCUT2D eigenvalue weighted by Crippen LogP contribution is -2.37. The number of hydrogen-bond acceptors (Lipinski definition) is 5. The number of hydrogen-bond donors (Lipinski definition) is 1. The number of nitrogens with zero attached hydrogens (tertiary/aromatic N) is 5. The summed E-state index contributed by atoms with van der Waals surface area (Å²) in [6, 6.07) is 17.5. The molecule has 1 atom stereocenters. The average Bonchev–Trinajstić information content (AvgIpc) is 3.16. The minimum atomic E-state index is 0.652. The summed E-state index contributed by atoms with van der Waals surface area (Å²) in [7, 11) is 0. The van der Waals surface area contributed by atoms with Crippen molar-refractivity contribution in [1.82, 2.24) is 24.5 Å². The van der Waals surface area contributed by atoms with Crippen LogP contribution < -0.4 is 5.32 Å². The molecule has 6 nitrogen and oxygen atoms in total. The zero-order chi connectivity index (χ0) is 20.5. The maximum Gasteiger partial charge on any atom is 0.226 e. The minimum absolute atomic E-state index is 0.652. The van der Waals surface area contributed by atoms with Crippen LogP contribution in [-0.4, -0.2) is 37.1 Å². The molecular formula is C24H28N6. The van der Waals surface area contributed by atoms with Crippen molar-refractivity contribution in [2.75, 3.05) is 11.9 Å². The molecule has 6 heteroatoms. The third-order valence-electron chi connectivity index (χ3n) is 6.15. The monoisotopic (exact) mass is 400 g/mol. The summed E-state index contributed by atoms with van der Waals surface area (Å²) in [6.07, 6.45) is 3.95. The number of benzene rings is 2. The van der Waals surface area contributed by atoms with Crippen molar-refractivity contribution < 1.29 is 0 Å². The standard InChI is InChI=1S/C24H28N6/c1-17-9-7-8-14-29(17)16-20-11-4-3-10-19(20)15-25-24-27-22-13-6-5-12-21(22)23-26-18(2)28-30(23)24/h3-6,10-13,17H,7-9,14-16H2,1-2H3,(H,25,27). The van der Waals surface area contributed by atoms with Crippen LogP contribution in [0.25, 0.3) is 16.6 Å². The Balaban J connectivity index is 1.43. The Kier molecular flexibility index (Phi) is 5.09. The first-order valence-electron chi connectivity index (χ1n) is 10.9. The number of fused-ring (bicyclic) bond motifs is 3. The van der Waals surface area contributed by atoms with E-state index in [1.807, 2.05) is 35.7 Å². The van der Waals surface area contributed by atoms with E-state index in [-0.39, 0.29) is 0 Å². The lowest BCUT2D eigenvalue weighted by molar-refractivity contribution is 0.152. The Morgan fingerprint density at radius 3 is 2.67 bits per heavy atom. The van der Waals surface area contributed by atoms with E-state index in [0.29, 0.717) is 12.6 Å². The third-order valence-corrected chi connectivity index (χ3v) is 6.15. The first-order chi connectivity index (χ1) is 14.7. The Morgan fingerprint density at radius 2 is 1.80 bits per heavy atom. The van der Waals surface area contributed by atoms with Gasteiger partial charge in [-0.3, -0.25) is 4.90 Å². The van der Waals surface area contributed by atoms with Crippen molar-refractivity contribution in [2.24, 2.45) is 0 Å². The van der Waals surface area contributed by atoms with Crippen molar-refractivity contribution in [1.29, 1.82) is 0 Å². The van der Waals surface area contributed by atoms with E-state index >= 15 is 0 Å². The number of anilines is 1. The number of piperidine rings is 1. The topological polar surface area (TPSA) is 58.4 Å². The van der Waals surface area contributed by atoms with Gasteiger partial charge >= 0.3 is 0 Å². The van der Waals surface area contributed by atoms with Gasteiger partial charge in [0.2, 0.25) is 5.95 Å².